The SMILES string of the molecule is Cl.Cl.O=C(C1CNCCO1)N1CCN(Cc2ccc(F)cc2Cl)CC1. The van der Waals surface area contributed by atoms with Gasteiger partial charge >= 0.3 is 0 Å². The van der Waals surface area contributed by atoms with Crippen LogP contribution in [0.1, 0.15) is 5.56 Å². The Hall–Kier alpha value is -0.630. The molecule has 0 saturated carbocycles. The summed E-state index contributed by atoms with van der Waals surface area (Å²) in [5, 5.41) is 3.63. The van der Waals surface area contributed by atoms with Gasteiger partial charge in [-0.1, -0.05) is 17.7 Å². The van der Waals surface area contributed by atoms with Crippen molar-refractivity contribution in [1.29, 1.82) is 0 Å². The van der Waals surface area contributed by atoms with Crippen molar-refractivity contribution in [3.63, 3.8) is 0 Å². The van der Waals surface area contributed by atoms with Gasteiger partial charge in [-0.2, -0.15) is 0 Å². The molecule has 0 spiro atoms. The van der Waals surface area contributed by atoms with Gasteiger partial charge in [0.1, 0.15) is 11.9 Å². The van der Waals surface area contributed by atoms with Crippen LogP contribution >= 0.6 is 36.4 Å². The third-order valence-corrected chi connectivity index (χ3v) is 4.65. The van der Waals surface area contributed by atoms with Gasteiger partial charge in [0.25, 0.3) is 5.91 Å². The van der Waals surface area contributed by atoms with Crippen LogP contribution in [-0.2, 0) is 16.1 Å². The molecule has 9 heteroatoms. The van der Waals surface area contributed by atoms with E-state index in [9.17, 15) is 9.18 Å². The summed E-state index contributed by atoms with van der Waals surface area (Å²) in [7, 11) is 0. The van der Waals surface area contributed by atoms with E-state index in [1.807, 2.05) is 4.90 Å². The summed E-state index contributed by atoms with van der Waals surface area (Å²) in [6, 6.07) is 4.48. The maximum Gasteiger partial charge on any atom is 0.253 e. The predicted octanol–water partition coefficient (Wildman–Crippen LogP) is 1.96. The monoisotopic (exact) mass is 413 g/mol. The van der Waals surface area contributed by atoms with E-state index in [0.29, 0.717) is 37.8 Å². The highest BCUT2D eigenvalue weighted by Gasteiger charge is 2.29. The summed E-state index contributed by atoms with van der Waals surface area (Å²) in [5.74, 6) is -0.257. The van der Waals surface area contributed by atoms with Gasteiger partial charge in [-0.25, -0.2) is 4.39 Å². The normalized spacial score (nSPS) is 21.2. The van der Waals surface area contributed by atoms with Crippen LogP contribution in [0.25, 0.3) is 0 Å². The van der Waals surface area contributed by atoms with Crippen LogP contribution in [0.3, 0.4) is 0 Å². The molecule has 5 nitrogen and oxygen atoms in total. The van der Waals surface area contributed by atoms with Crippen molar-refractivity contribution in [2.75, 3.05) is 45.9 Å². The lowest BCUT2D eigenvalue weighted by Gasteiger charge is -2.37. The van der Waals surface area contributed by atoms with Crippen LogP contribution in [-0.4, -0.2) is 67.7 Å². The summed E-state index contributed by atoms with van der Waals surface area (Å²) in [4.78, 5) is 16.5. The van der Waals surface area contributed by atoms with Crippen LogP contribution in [0, 0.1) is 5.82 Å². The Balaban J connectivity index is 0.00000156. The first-order chi connectivity index (χ1) is 11.1. The van der Waals surface area contributed by atoms with Crippen LogP contribution in [0.15, 0.2) is 18.2 Å². The molecule has 0 aromatic heterocycles. The van der Waals surface area contributed by atoms with Crippen molar-refractivity contribution in [2.45, 2.75) is 12.6 Å². The number of carbonyl (C=O) groups is 1. The zero-order valence-electron chi connectivity index (χ0n) is 13.7. The number of nitrogens with one attached hydrogen (secondary N) is 1. The van der Waals surface area contributed by atoms with Gasteiger partial charge in [0, 0.05) is 50.8 Å². The zero-order chi connectivity index (χ0) is 16.2. The van der Waals surface area contributed by atoms with Gasteiger partial charge in [-0.15, -0.1) is 24.8 Å². The lowest BCUT2D eigenvalue weighted by atomic mass is 10.2. The standard InChI is InChI=1S/C16H21ClFN3O2.2ClH/c17-14-9-13(18)2-1-12(14)11-20-4-6-21(7-5-20)16(22)15-10-19-3-8-23-15;;/h1-2,9,15,19H,3-8,10-11H2;2*1H. The molecule has 1 unspecified atom stereocenters. The van der Waals surface area contributed by atoms with E-state index in [1.54, 1.807) is 6.07 Å². The Kier molecular flexibility index (Phi) is 9.41. The second-order valence-corrected chi connectivity index (χ2v) is 6.31. The Morgan fingerprint density at radius 2 is 2.00 bits per heavy atom. The van der Waals surface area contributed by atoms with Gasteiger partial charge in [0.15, 0.2) is 0 Å². The van der Waals surface area contributed by atoms with Crippen LogP contribution in [0.5, 0.6) is 0 Å². The molecular weight excluding hydrogens is 392 g/mol. The molecule has 2 aliphatic rings. The molecule has 2 aliphatic heterocycles. The van der Waals surface area contributed by atoms with E-state index < -0.39 is 0 Å². The molecule has 25 heavy (non-hydrogen) atoms. The van der Waals surface area contributed by atoms with Gasteiger partial charge in [-0.05, 0) is 17.7 Å². The van der Waals surface area contributed by atoms with Crippen molar-refractivity contribution >= 4 is 42.3 Å². The van der Waals surface area contributed by atoms with E-state index in [4.69, 9.17) is 16.3 Å². The minimum absolute atomic E-state index is 0. The third kappa shape index (κ3) is 5.94. The number of benzene rings is 1. The Labute approximate surface area is 164 Å². The van der Waals surface area contributed by atoms with Gasteiger partial charge in [0.05, 0.1) is 6.61 Å². The lowest BCUT2D eigenvalue weighted by Crippen LogP contribution is -2.54. The Morgan fingerprint density at radius 3 is 2.60 bits per heavy atom. The van der Waals surface area contributed by atoms with Crippen molar-refractivity contribution in [2.24, 2.45) is 0 Å². The molecule has 1 amide bonds. The third-order valence-electron chi connectivity index (χ3n) is 4.30. The van der Waals surface area contributed by atoms with Crippen LogP contribution in [0.2, 0.25) is 5.02 Å². The second kappa shape index (κ2) is 10.5. The molecule has 3 rings (SSSR count). The molecule has 0 aliphatic carbocycles. The molecule has 0 radical (unpaired) electrons. The van der Waals surface area contributed by atoms with Gasteiger partial charge < -0.3 is 15.0 Å². The molecule has 1 aromatic rings. The summed E-state index contributed by atoms with van der Waals surface area (Å²) in [6.07, 6.45) is -0.359. The Bertz CT molecular complexity index is 566. The van der Waals surface area contributed by atoms with Crippen LogP contribution in [0.4, 0.5) is 4.39 Å². The summed E-state index contributed by atoms with van der Waals surface area (Å²) in [5.41, 5.74) is 0.910. The predicted molar refractivity (Wildman–Crippen MR) is 100 cm³/mol. The zero-order valence-corrected chi connectivity index (χ0v) is 16.1. The number of piperazine rings is 1. The highest BCUT2D eigenvalue weighted by Crippen LogP contribution is 2.20. The average molecular weight is 415 g/mol. The number of hydrogen-bond donors (Lipinski definition) is 1. The number of ether oxygens (including phenoxy) is 1. The van der Waals surface area contributed by atoms with Crippen molar-refractivity contribution < 1.29 is 13.9 Å². The first-order valence-electron chi connectivity index (χ1n) is 7.91. The molecule has 1 N–H and O–H groups in total. The number of morpholine rings is 1. The summed E-state index contributed by atoms with van der Waals surface area (Å²) >= 11 is 6.07. The molecule has 2 saturated heterocycles. The maximum absolute atomic E-state index is 13.1. The number of carbonyl (C=O) groups excluding carboxylic acids is 1. The molecular formula is C16H23Cl3FN3O2. The number of nitrogens with zero attached hydrogens (tertiary/aromatic N) is 2. The quantitative estimate of drug-likeness (QED) is 0.821. The molecule has 2 fully saturated rings. The molecule has 0 bridgehead atoms. The maximum atomic E-state index is 13.1. The van der Waals surface area contributed by atoms with Gasteiger partial charge in [0.2, 0.25) is 0 Å². The minimum Gasteiger partial charge on any atom is -0.366 e. The van der Waals surface area contributed by atoms with E-state index >= 15 is 0 Å². The van der Waals surface area contributed by atoms with Crippen LogP contribution < -0.4 is 5.32 Å². The van der Waals surface area contributed by atoms with E-state index in [-0.39, 0.29) is 42.6 Å². The summed E-state index contributed by atoms with van der Waals surface area (Å²) < 4.78 is 18.6. The number of halogens is 4. The minimum atomic E-state index is -0.359. The fraction of sp³-hybridized carbons (Fsp3) is 0.562. The fourth-order valence-corrected chi connectivity index (χ4v) is 3.17. The number of hydrogen-bond acceptors (Lipinski definition) is 4. The number of amides is 1. The molecule has 1 atom stereocenters. The van der Waals surface area contributed by atoms with Crippen molar-refractivity contribution in [3.05, 3.63) is 34.6 Å². The molecule has 2 heterocycles. The molecule has 142 valence electrons. The Morgan fingerprint density at radius 1 is 1.28 bits per heavy atom. The van der Waals surface area contributed by atoms with E-state index in [2.05, 4.69) is 10.2 Å². The lowest BCUT2D eigenvalue weighted by molar-refractivity contribution is -0.147. The second-order valence-electron chi connectivity index (χ2n) is 5.90. The van der Waals surface area contributed by atoms with Crippen molar-refractivity contribution in [1.82, 2.24) is 15.1 Å². The smallest absolute Gasteiger partial charge is 0.253 e. The molecule has 1 aromatic carbocycles. The van der Waals surface area contributed by atoms with Crippen molar-refractivity contribution in [3.8, 4) is 0 Å². The largest absolute Gasteiger partial charge is 0.366 e. The highest BCUT2D eigenvalue weighted by molar-refractivity contribution is 6.31. The topological polar surface area (TPSA) is 44.8 Å². The number of rotatable bonds is 3. The van der Waals surface area contributed by atoms with E-state index in [0.717, 1.165) is 25.2 Å². The average Bonchev–Trinajstić information content (AvgIpc) is 2.58. The fourth-order valence-electron chi connectivity index (χ4n) is 2.94. The summed E-state index contributed by atoms with van der Waals surface area (Å²) in [6.45, 7) is 5.55. The first-order valence-corrected chi connectivity index (χ1v) is 8.28. The van der Waals surface area contributed by atoms with Gasteiger partial charge in [-0.3, -0.25) is 9.69 Å². The highest BCUT2D eigenvalue weighted by atomic mass is 35.5. The first kappa shape index (κ1) is 22.4. The van der Waals surface area contributed by atoms with E-state index in [1.165, 1.54) is 12.1 Å².